The van der Waals surface area contributed by atoms with Crippen LogP contribution in [0.1, 0.15) is 92.9 Å². The fraction of sp³-hybridized carbons (Fsp3) is 0.929. The fourth-order valence-corrected chi connectivity index (χ4v) is 11.4. The molecule has 31 heavy (non-hydrogen) atoms. The predicted molar refractivity (Wildman–Crippen MR) is 122 cm³/mol. The molecule has 3 nitrogen and oxygen atoms in total. The zero-order valence-corrected chi connectivity index (χ0v) is 20.6. The van der Waals surface area contributed by atoms with Crippen LogP contribution in [0.4, 0.5) is 0 Å². The van der Waals surface area contributed by atoms with Crippen LogP contribution in [0.5, 0.6) is 0 Å². The summed E-state index contributed by atoms with van der Waals surface area (Å²) in [7, 11) is 0. The Hall–Kier alpha value is -0.540. The lowest BCUT2D eigenvalue weighted by Gasteiger charge is -2.63. The van der Waals surface area contributed by atoms with Crippen LogP contribution in [0.3, 0.4) is 0 Å². The molecule has 0 bridgehead atoms. The van der Waals surface area contributed by atoms with Crippen LogP contribution < -0.4 is 0 Å². The lowest BCUT2D eigenvalue weighted by Crippen LogP contribution is -2.59. The highest BCUT2D eigenvalue weighted by atomic mass is 16.5. The summed E-state index contributed by atoms with van der Waals surface area (Å²) < 4.78 is 6.52. The van der Waals surface area contributed by atoms with Crippen LogP contribution >= 0.6 is 0 Å². The second kappa shape index (κ2) is 5.93. The van der Waals surface area contributed by atoms with Gasteiger partial charge in [-0.3, -0.25) is 0 Å². The largest absolute Gasteiger partial charge is 0.492 e. The van der Waals surface area contributed by atoms with Crippen molar-refractivity contribution in [3.63, 3.8) is 0 Å². The molecule has 5 aliphatic carbocycles. The molecule has 2 N–H and O–H groups in total. The minimum atomic E-state index is -0.376. The molecule has 0 aromatic heterocycles. The van der Waals surface area contributed by atoms with Crippen LogP contribution in [0.15, 0.2) is 11.8 Å². The molecule has 6 rings (SSSR count). The Balaban J connectivity index is 1.42. The summed E-state index contributed by atoms with van der Waals surface area (Å²) in [4.78, 5) is 0. The number of rotatable bonds is 0. The first-order valence-corrected chi connectivity index (χ1v) is 13.2. The average molecular weight is 429 g/mol. The lowest BCUT2D eigenvalue weighted by molar-refractivity contribution is -0.182. The Morgan fingerprint density at radius 1 is 0.935 bits per heavy atom. The third-order valence-electron chi connectivity index (χ3n) is 13.0. The van der Waals surface area contributed by atoms with E-state index in [1.165, 1.54) is 38.5 Å². The Kier molecular flexibility index (Phi) is 4.02. The number of hydrogen-bond acceptors (Lipinski definition) is 3. The van der Waals surface area contributed by atoms with Crippen LogP contribution in [0.25, 0.3) is 0 Å². The van der Waals surface area contributed by atoms with E-state index in [9.17, 15) is 10.2 Å². The number of ether oxygens (including phenoxy) is 1. The third kappa shape index (κ3) is 2.08. The van der Waals surface area contributed by atoms with Crippen molar-refractivity contribution in [3.05, 3.63) is 11.8 Å². The maximum atomic E-state index is 12.0. The van der Waals surface area contributed by atoms with Gasteiger partial charge in [0.2, 0.25) is 0 Å². The summed E-state index contributed by atoms with van der Waals surface area (Å²) in [5.74, 6) is 3.33. The third-order valence-corrected chi connectivity index (χ3v) is 13.0. The van der Waals surface area contributed by atoms with E-state index in [2.05, 4.69) is 47.6 Å². The van der Waals surface area contributed by atoms with Gasteiger partial charge in [-0.15, -0.1) is 0 Å². The first-order chi connectivity index (χ1) is 14.5. The topological polar surface area (TPSA) is 49.7 Å². The van der Waals surface area contributed by atoms with Gasteiger partial charge in [0.1, 0.15) is 6.10 Å². The highest BCUT2D eigenvalue weighted by Gasteiger charge is 2.84. The van der Waals surface area contributed by atoms with Crippen LogP contribution in [0.2, 0.25) is 0 Å². The summed E-state index contributed by atoms with van der Waals surface area (Å²) in [6.07, 6.45) is 11.1. The van der Waals surface area contributed by atoms with Gasteiger partial charge in [0.05, 0.1) is 18.0 Å². The summed E-state index contributed by atoms with van der Waals surface area (Å²) >= 11 is 0. The van der Waals surface area contributed by atoms with Crippen LogP contribution in [-0.4, -0.2) is 28.5 Å². The van der Waals surface area contributed by atoms with Crippen molar-refractivity contribution in [2.75, 3.05) is 0 Å². The molecule has 0 aromatic carbocycles. The van der Waals surface area contributed by atoms with E-state index in [-0.39, 0.29) is 34.6 Å². The monoisotopic (exact) mass is 428 g/mol. The van der Waals surface area contributed by atoms with E-state index in [1.807, 2.05) is 0 Å². The van der Waals surface area contributed by atoms with E-state index in [0.717, 1.165) is 18.6 Å². The van der Waals surface area contributed by atoms with Gasteiger partial charge in [0.15, 0.2) is 0 Å². The molecular formula is C28H44O3. The second-order valence-corrected chi connectivity index (χ2v) is 13.7. The van der Waals surface area contributed by atoms with Crippen LogP contribution in [0, 0.1) is 50.7 Å². The smallest absolute Gasteiger partial charge is 0.128 e. The molecule has 0 amide bonds. The Morgan fingerprint density at radius 3 is 2.32 bits per heavy atom. The molecule has 174 valence electrons. The SMILES string of the molecule is C/C=C1\C[C@@H](C)[C@H]2C(O1)[C@H](O)[C@@]1(C)C3CC[C@H]4C(C)(C)[C@@H](O)CC[C@@]45C[C@@]35CC[C@]21C. The highest BCUT2D eigenvalue weighted by molar-refractivity contribution is 5.33. The van der Waals surface area contributed by atoms with Gasteiger partial charge < -0.3 is 14.9 Å². The molecule has 0 radical (unpaired) electrons. The maximum absolute atomic E-state index is 12.0. The number of aliphatic hydroxyl groups is 2. The maximum Gasteiger partial charge on any atom is 0.128 e. The zero-order chi connectivity index (χ0) is 22.2. The Bertz CT molecular complexity index is 832. The quantitative estimate of drug-likeness (QED) is 0.521. The molecule has 0 aromatic rings. The van der Waals surface area contributed by atoms with Crippen molar-refractivity contribution in [1.82, 2.24) is 0 Å². The van der Waals surface area contributed by atoms with E-state index in [4.69, 9.17) is 4.74 Å². The van der Waals surface area contributed by atoms with E-state index in [0.29, 0.717) is 34.5 Å². The highest BCUT2D eigenvalue weighted by Crippen LogP contribution is 2.89. The standard InChI is InChI=1S/C28H44O3/c1-7-17-14-16(2)21-22(31-17)23(30)26(6)19-9-8-18-24(3,4)20(29)10-11-27(18)15-28(19,27)13-12-25(21,26)5/h7,16,18-23,29-30H,8-15H2,1-6H3/b17-7+/t16-,18+,19?,20+,21+,22?,23+,25-,26-,27-,28+/m1/s1. The first kappa shape index (κ1) is 21.0. The fourth-order valence-electron chi connectivity index (χ4n) is 11.4. The average Bonchev–Trinajstić information content (AvgIpc) is 3.36. The number of allylic oxidation sites excluding steroid dienone is 2. The van der Waals surface area contributed by atoms with Crippen molar-refractivity contribution in [3.8, 4) is 0 Å². The van der Waals surface area contributed by atoms with E-state index >= 15 is 0 Å². The summed E-state index contributed by atoms with van der Waals surface area (Å²) in [6.45, 7) is 14.1. The zero-order valence-electron chi connectivity index (χ0n) is 20.6. The van der Waals surface area contributed by atoms with Gasteiger partial charge >= 0.3 is 0 Å². The van der Waals surface area contributed by atoms with E-state index < -0.39 is 0 Å². The van der Waals surface area contributed by atoms with Gasteiger partial charge in [-0.05, 0) is 97.4 Å². The predicted octanol–water partition coefficient (Wildman–Crippen LogP) is 5.70. The molecule has 6 fully saturated rings. The van der Waals surface area contributed by atoms with Gasteiger partial charge in [0, 0.05) is 17.8 Å². The minimum absolute atomic E-state index is 0.0229. The molecule has 1 heterocycles. The van der Waals surface area contributed by atoms with Crippen molar-refractivity contribution >= 4 is 0 Å². The van der Waals surface area contributed by atoms with Gasteiger partial charge in [-0.1, -0.05) is 34.6 Å². The number of hydrogen-bond donors (Lipinski definition) is 2. The van der Waals surface area contributed by atoms with Crippen LogP contribution in [-0.2, 0) is 4.74 Å². The van der Waals surface area contributed by atoms with Crippen molar-refractivity contribution < 1.29 is 14.9 Å². The summed E-state index contributed by atoms with van der Waals surface area (Å²) in [6, 6.07) is 0. The molecule has 1 aliphatic heterocycles. The van der Waals surface area contributed by atoms with Crippen molar-refractivity contribution in [1.29, 1.82) is 0 Å². The normalized spacial score (nSPS) is 62.6. The second-order valence-electron chi connectivity index (χ2n) is 13.7. The molecule has 11 atom stereocenters. The van der Waals surface area contributed by atoms with E-state index in [1.54, 1.807) is 0 Å². The van der Waals surface area contributed by atoms with Crippen molar-refractivity contribution in [2.45, 2.75) is 111 Å². The Morgan fingerprint density at radius 2 is 1.61 bits per heavy atom. The van der Waals surface area contributed by atoms with Gasteiger partial charge in [-0.2, -0.15) is 0 Å². The van der Waals surface area contributed by atoms with Crippen molar-refractivity contribution in [2.24, 2.45) is 50.7 Å². The molecule has 2 unspecified atom stereocenters. The molecule has 2 spiro atoms. The lowest BCUT2D eigenvalue weighted by atomic mass is 9.41. The summed E-state index contributed by atoms with van der Waals surface area (Å²) in [5, 5.41) is 22.8. The Labute approximate surface area is 189 Å². The number of fused-ring (bicyclic) bond motifs is 4. The molecule has 1 saturated heterocycles. The molecule has 5 saturated carbocycles. The van der Waals surface area contributed by atoms with Gasteiger partial charge in [-0.25, -0.2) is 0 Å². The molecule has 6 aliphatic rings. The van der Waals surface area contributed by atoms with Gasteiger partial charge in [0.25, 0.3) is 0 Å². The molecular weight excluding hydrogens is 384 g/mol. The first-order valence-electron chi connectivity index (χ1n) is 13.2. The summed E-state index contributed by atoms with van der Waals surface area (Å²) in [5.41, 5.74) is 0.897. The molecule has 3 heteroatoms. The number of aliphatic hydroxyl groups excluding tert-OH is 2. The minimum Gasteiger partial charge on any atom is -0.492 e.